The lowest BCUT2D eigenvalue weighted by molar-refractivity contribution is -0.274. The Balaban J connectivity index is 1.72. The van der Waals surface area contributed by atoms with E-state index in [0.29, 0.717) is 27.7 Å². The second-order valence-corrected chi connectivity index (χ2v) is 7.97. The van der Waals surface area contributed by atoms with Crippen molar-refractivity contribution in [2.24, 2.45) is 0 Å². The quantitative estimate of drug-likeness (QED) is 0.478. The summed E-state index contributed by atoms with van der Waals surface area (Å²) in [6.45, 7) is 0. The van der Waals surface area contributed by atoms with E-state index in [0.717, 1.165) is 6.26 Å². The van der Waals surface area contributed by atoms with Gasteiger partial charge in [0.25, 0.3) is 0 Å². The summed E-state index contributed by atoms with van der Waals surface area (Å²) < 4.78 is 74.5. The van der Waals surface area contributed by atoms with Crippen molar-refractivity contribution in [2.75, 3.05) is 6.26 Å². The first-order valence-electron chi connectivity index (χ1n) is 8.01. The zero-order valence-electron chi connectivity index (χ0n) is 14.6. The molecule has 0 aliphatic heterocycles. The third-order valence-electron chi connectivity index (χ3n) is 3.94. The second kappa shape index (κ2) is 6.62. The molecule has 0 N–H and O–H groups in total. The minimum atomic E-state index is -4.77. The third-order valence-corrected chi connectivity index (χ3v) is 4.74. The Morgan fingerprint density at radius 1 is 1.00 bits per heavy atom. The molecule has 2 heterocycles. The first-order valence-corrected chi connectivity index (χ1v) is 9.91. The van der Waals surface area contributed by atoms with Crippen molar-refractivity contribution in [3.63, 3.8) is 0 Å². The normalized spacial score (nSPS) is 12.4. The number of sulfone groups is 1. The summed E-state index contributed by atoms with van der Waals surface area (Å²) in [5, 5.41) is 7.39. The van der Waals surface area contributed by atoms with E-state index in [2.05, 4.69) is 14.9 Å². The summed E-state index contributed by atoms with van der Waals surface area (Å²) >= 11 is 0. The van der Waals surface area contributed by atoms with Gasteiger partial charge >= 0.3 is 11.6 Å². The Hall–Kier alpha value is -3.34. The van der Waals surface area contributed by atoms with Gasteiger partial charge in [-0.05, 0) is 35.9 Å². The number of alkyl halides is 3. The molecule has 29 heavy (non-hydrogen) atoms. The number of halogens is 3. The van der Waals surface area contributed by atoms with Gasteiger partial charge in [0.15, 0.2) is 0 Å². The van der Waals surface area contributed by atoms with E-state index >= 15 is 0 Å². The maximum absolute atomic E-state index is 12.3. The van der Waals surface area contributed by atoms with E-state index in [-0.39, 0.29) is 11.6 Å². The summed E-state index contributed by atoms with van der Waals surface area (Å²) in [6.07, 6.45) is -2.36. The van der Waals surface area contributed by atoms with Crippen LogP contribution in [0.15, 0.2) is 62.8 Å². The first kappa shape index (κ1) is 19.0. The molecule has 4 aromatic rings. The maximum atomic E-state index is 12.3. The van der Waals surface area contributed by atoms with Gasteiger partial charge in [-0.15, -0.1) is 18.3 Å². The topological polar surface area (TPSA) is 95.4 Å². The number of aromatic nitrogens is 2. The zero-order valence-corrected chi connectivity index (χ0v) is 15.4. The third kappa shape index (κ3) is 3.94. The van der Waals surface area contributed by atoms with Gasteiger partial charge in [-0.25, -0.2) is 8.42 Å². The van der Waals surface area contributed by atoms with Crippen LogP contribution in [0.3, 0.4) is 0 Å². The summed E-state index contributed by atoms with van der Waals surface area (Å²) in [5.74, 6) is -0.331. The SMILES string of the molecule is CS(=O)(=O)c1nnc(-c2ccc3occ(-c4ccc(OC(F)(F)F)cc4)c3c2)o1. The van der Waals surface area contributed by atoms with Crippen LogP contribution in [0.4, 0.5) is 13.2 Å². The van der Waals surface area contributed by atoms with E-state index in [1.165, 1.54) is 30.5 Å². The lowest BCUT2D eigenvalue weighted by Gasteiger charge is -2.09. The highest BCUT2D eigenvalue weighted by Gasteiger charge is 2.31. The second-order valence-electron chi connectivity index (χ2n) is 6.08. The van der Waals surface area contributed by atoms with Gasteiger partial charge in [0.2, 0.25) is 15.7 Å². The molecule has 0 radical (unpaired) electrons. The molecule has 0 aliphatic rings. The first-order chi connectivity index (χ1) is 13.6. The van der Waals surface area contributed by atoms with Gasteiger partial charge in [-0.1, -0.05) is 17.2 Å². The Kier molecular flexibility index (Phi) is 4.34. The predicted molar refractivity (Wildman–Crippen MR) is 94.7 cm³/mol. The monoisotopic (exact) mass is 424 g/mol. The van der Waals surface area contributed by atoms with Gasteiger partial charge in [0.1, 0.15) is 11.3 Å². The van der Waals surface area contributed by atoms with Crippen LogP contribution in [0.25, 0.3) is 33.6 Å². The average molecular weight is 424 g/mol. The van der Waals surface area contributed by atoms with Crippen molar-refractivity contribution in [2.45, 2.75) is 11.6 Å². The van der Waals surface area contributed by atoms with Crippen molar-refractivity contribution < 1.29 is 35.2 Å². The van der Waals surface area contributed by atoms with Crippen LogP contribution >= 0.6 is 0 Å². The largest absolute Gasteiger partial charge is 0.573 e. The van der Waals surface area contributed by atoms with Crippen LogP contribution in [0.5, 0.6) is 5.75 Å². The van der Waals surface area contributed by atoms with Crippen LogP contribution < -0.4 is 4.74 Å². The Morgan fingerprint density at radius 2 is 1.69 bits per heavy atom. The van der Waals surface area contributed by atoms with Gasteiger partial charge in [0.05, 0.1) is 6.26 Å². The maximum Gasteiger partial charge on any atom is 0.573 e. The number of benzene rings is 2. The number of fused-ring (bicyclic) bond motifs is 1. The molecule has 0 spiro atoms. The van der Waals surface area contributed by atoms with Crippen molar-refractivity contribution in [3.8, 4) is 28.3 Å². The van der Waals surface area contributed by atoms with Crippen molar-refractivity contribution in [1.82, 2.24) is 10.2 Å². The number of ether oxygens (including phenoxy) is 1. The zero-order chi connectivity index (χ0) is 20.8. The van der Waals surface area contributed by atoms with Crippen LogP contribution in [-0.2, 0) is 9.84 Å². The summed E-state index contributed by atoms with van der Waals surface area (Å²) in [4.78, 5) is 0. The molecule has 0 saturated heterocycles. The number of hydrogen-bond donors (Lipinski definition) is 0. The van der Waals surface area contributed by atoms with Gasteiger partial charge in [-0.3, -0.25) is 0 Å². The summed E-state index contributed by atoms with van der Waals surface area (Å²) in [5.41, 5.74) is 2.18. The molecule has 150 valence electrons. The fraction of sp³-hybridized carbons (Fsp3) is 0.111. The number of nitrogens with zero attached hydrogens (tertiary/aromatic N) is 2. The lowest BCUT2D eigenvalue weighted by Crippen LogP contribution is -2.16. The van der Waals surface area contributed by atoms with E-state index < -0.39 is 21.4 Å². The molecule has 0 bridgehead atoms. The van der Waals surface area contributed by atoms with Crippen LogP contribution in [0, 0.1) is 0 Å². The number of furan rings is 1. The van der Waals surface area contributed by atoms with Crippen LogP contribution in [0.2, 0.25) is 0 Å². The minimum absolute atomic E-state index is 0.00778. The Labute approximate surface area is 161 Å². The number of rotatable bonds is 4. The highest BCUT2D eigenvalue weighted by molar-refractivity contribution is 7.90. The van der Waals surface area contributed by atoms with Gasteiger partial charge in [-0.2, -0.15) is 0 Å². The molecular formula is C18H11F3N2O5S. The van der Waals surface area contributed by atoms with E-state index in [9.17, 15) is 21.6 Å². The Bertz CT molecular complexity index is 1290. The molecule has 4 rings (SSSR count). The molecule has 11 heteroatoms. The van der Waals surface area contributed by atoms with Crippen molar-refractivity contribution >= 4 is 20.8 Å². The summed E-state index contributed by atoms with van der Waals surface area (Å²) in [7, 11) is -3.64. The molecule has 7 nitrogen and oxygen atoms in total. The molecule has 0 saturated carbocycles. The molecule has 0 unspecified atom stereocenters. The fourth-order valence-electron chi connectivity index (χ4n) is 2.70. The number of hydrogen-bond acceptors (Lipinski definition) is 7. The molecule has 0 amide bonds. The van der Waals surface area contributed by atoms with Crippen LogP contribution in [0.1, 0.15) is 0 Å². The molecule has 2 aromatic heterocycles. The highest BCUT2D eigenvalue weighted by atomic mass is 32.2. The molecule has 0 aliphatic carbocycles. The van der Waals surface area contributed by atoms with Crippen LogP contribution in [-0.4, -0.2) is 31.2 Å². The molecular weight excluding hydrogens is 413 g/mol. The van der Waals surface area contributed by atoms with Gasteiger partial charge in [0, 0.05) is 22.8 Å². The molecule has 0 atom stereocenters. The molecule has 0 fully saturated rings. The van der Waals surface area contributed by atoms with E-state index in [4.69, 9.17) is 8.83 Å². The van der Waals surface area contributed by atoms with Gasteiger partial charge < -0.3 is 13.6 Å². The highest BCUT2D eigenvalue weighted by Crippen LogP contribution is 2.35. The average Bonchev–Trinajstić information content (AvgIpc) is 3.27. The van der Waals surface area contributed by atoms with Crippen molar-refractivity contribution in [3.05, 3.63) is 48.7 Å². The van der Waals surface area contributed by atoms with E-state index in [1.807, 2.05) is 0 Å². The minimum Gasteiger partial charge on any atom is -0.464 e. The fourth-order valence-corrected chi connectivity index (χ4v) is 3.12. The van der Waals surface area contributed by atoms with Crippen molar-refractivity contribution in [1.29, 1.82) is 0 Å². The summed E-state index contributed by atoms with van der Waals surface area (Å²) in [6, 6.07) is 10.2. The van der Waals surface area contributed by atoms with E-state index in [1.54, 1.807) is 18.2 Å². The molecule has 2 aromatic carbocycles. The Morgan fingerprint density at radius 3 is 2.31 bits per heavy atom. The standard InChI is InChI=1S/C18H11F3N2O5S/c1-29(24,25)17-23-22-16(27-17)11-4-7-15-13(8-11)14(9-26-15)10-2-5-12(6-3-10)28-18(19,20)21/h2-9H,1H3. The lowest BCUT2D eigenvalue weighted by atomic mass is 10.0. The smallest absolute Gasteiger partial charge is 0.464 e. The predicted octanol–water partition coefficient (Wildman–Crippen LogP) is 4.45.